The van der Waals surface area contributed by atoms with Gasteiger partial charge >= 0.3 is 0 Å². The fourth-order valence-electron chi connectivity index (χ4n) is 1.56. The Bertz CT molecular complexity index is 507. The SMILES string of the molecule is Cc1cc(F)cc(Nc2ccnc(NN)c2)c1. The number of hydrogen-bond acceptors (Lipinski definition) is 4. The summed E-state index contributed by atoms with van der Waals surface area (Å²) in [4.78, 5) is 3.98. The Labute approximate surface area is 98.6 Å². The lowest BCUT2D eigenvalue weighted by Gasteiger charge is -2.08. The zero-order chi connectivity index (χ0) is 12.3. The fourth-order valence-corrected chi connectivity index (χ4v) is 1.56. The van der Waals surface area contributed by atoms with E-state index in [9.17, 15) is 4.39 Å². The molecule has 88 valence electrons. The molecule has 0 bridgehead atoms. The minimum Gasteiger partial charge on any atom is -0.355 e. The highest BCUT2D eigenvalue weighted by molar-refractivity contribution is 5.62. The van der Waals surface area contributed by atoms with Gasteiger partial charge in [-0.05, 0) is 36.8 Å². The number of pyridine rings is 1. The Hall–Kier alpha value is -2.14. The summed E-state index contributed by atoms with van der Waals surface area (Å²) < 4.78 is 13.2. The van der Waals surface area contributed by atoms with Crippen LogP contribution in [0.2, 0.25) is 0 Å². The summed E-state index contributed by atoms with van der Waals surface area (Å²) in [5.74, 6) is 5.54. The molecule has 4 N–H and O–H groups in total. The normalized spacial score (nSPS) is 10.1. The second kappa shape index (κ2) is 4.80. The molecule has 0 atom stereocenters. The van der Waals surface area contributed by atoms with E-state index in [-0.39, 0.29) is 5.82 Å². The first-order valence-corrected chi connectivity index (χ1v) is 5.14. The highest BCUT2D eigenvalue weighted by atomic mass is 19.1. The molecule has 0 aliphatic carbocycles. The highest BCUT2D eigenvalue weighted by Crippen LogP contribution is 2.20. The number of anilines is 3. The van der Waals surface area contributed by atoms with Crippen LogP contribution < -0.4 is 16.6 Å². The zero-order valence-corrected chi connectivity index (χ0v) is 9.37. The Morgan fingerprint density at radius 3 is 2.71 bits per heavy atom. The summed E-state index contributed by atoms with van der Waals surface area (Å²) in [7, 11) is 0. The number of nitrogens with zero attached hydrogens (tertiary/aromatic N) is 1. The van der Waals surface area contributed by atoms with E-state index in [0.717, 1.165) is 11.3 Å². The smallest absolute Gasteiger partial charge is 0.141 e. The van der Waals surface area contributed by atoms with Gasteiger partial charge in [-0.3, -0.25) is 0 Å². The lowest BCUT2D eigenvalue weighted by atomic mass is 10.2. The maximum atomic E-state index is 13.2. The van der Waals surface area contributed by atoms with Crippen molar-refractivity contribution in [3.8, 4) is 0 Å². The first kappa shape index (κ1) is 11.3. The number of hydrogen-bond donors (Lipinski definition) is 3. The van der Waals surface area contributed by atoms with Gasteiger partial charge in [-0.15, -0.1) is 0 Å². The molecular formula is C12H13FN4. The number of rotatable bonds is 3. The largest absolute Gasteiger partial charge is 0.355 e. The molecule has 0 amide bonds. The first-order valence-electron chi connectivity index (χ1n) is 5.14. The van der Waals surface area contributed by atoms with Gasteiger partial charge in [0, 0.05) is 23.6 Å². The predicted molar refractivity (Wildman–Crippen MR) is 66.5 cm³/mol. The van der Waals surface area contributed by atoms with Crippen LogP contribution >= 0.6 is 0 Å². The van der Waals surface area contributed by atoms with Crippen molar-refractivity contribution in [2.75, 3.05) is 10.7 Å². The predicted octanol–water partition coefficient (Wildman–Crippen LogP) is 2.56. The number of aryl methyl sites for hydroxylation is 1. The number of benzene rings is 1. The molecule has 0 fully saturated rings. The molecule has 1 heterocycles. The number of hydrazine groups is 1. The Kier molecular flexibility index (Phi) is 3.20. The van der Waals surface area contributed by atoms with Gasteiger partial charge in [0.15, 0.2) is 0 Å². The van der Waals surface area contributed by atoms with Crippen LogP contribution in [-0.2, 0) is 0 Å². The number of halogens is 1. The summed E-state index contributed by atoms with van der Waals surface area (Å²) in [6, 6.07) is 8.29. The third-order valence-electron chi connectivity index (χ3n) is 2.24. The molecule has 1 aromatic heterocycles. The van der Waals surface area contributed by atoms with E-state index in [0.29, 0.717) is 11.5 Å². The molecule has 0 saturated carbocycles. The average molecular weight is 232 g/mol. The van der Waals surface area contributed by atoms with E-state index in [2.05, 4.69) is 15.7 Å². The number of nitrogen functional groups attached to an aromatic ring is 1. The Morgan fingerprint density at radius 2 is 2.00 bits per heavy atom. The Balaban J connectivity index is 2.24. The molecule has 17 heavy (non-hydrogen) atoms. The van der Waals surface area contributed by atoms with Gasteiger partial charge < -0.3 is 10.7 Å². The van der Waals surface area contributed by atoms with E-state index in [4.69, 9.17) is 5.84 Å². The second-order valence-electron chi connectivity index (χ2n) is 3.72. The maximum absolute atomic E-state index is 13.2. The molecule has 0 spiro atoms. The molecule has 0 saturated heterocycles. The van der Waals surface area contributed by atoms with Crippen LogP contribution in [0.15, 0.2) is 36.5 Å². The minimum absolute atomic E-state index is 0.265. The topological polar surface area (TPSA) is 63.0 Å². The lowest BCUT2D eigenvalue weighted by molar-refractivity contribution is 0.627. The van der Waals surface area contributed by atoms with Crippen LogP contribution in [0, 0.1) is 12.7 Å². The monoisotopic (exact) mass is 232 g/mol. The summed E-state index contributed by atoms with van der Waals surface area (Å²) >= 11 is 0. The van der Waals surface area contributed by atoms with E-state index in [1.165, 1.54) is 12.1 Å². The van der Waals surface area contributed by atoms with E-state index >= 15 is 0 Å². The second-order valence-corrected chi connectivity index (χ2v) is 3.72. The van der Waals surface area contributed by atoms with Crippen molar-refractivity contribution in [1.82, 2.24) is 4.98 Å². The number of nitrogens with one attached hydrogen (secondary N) is 2. The summed E-state index contributed by atoms with van der Waals surface area (Å²) in [6.45, 7) is 1.84. The molecule has 2 aromatic rings. The summed E-state index contributed by atoms with van der Waals surface area (Å²) in [6.07, 6.45) is 1.61. The van der Waals surface area contributed by atoms with Crippen molar-refractivity contribution in [2.45, 2.75) is 6.92 Å². The van der Waals surface area contributed by atoms with Gasteiger partial charge in [0.1, 0.15) is 11.6 Å². The van der Waals surface area contributed by atoms with Crippen molar-refractivity contribution < 1.29 is 4.39 Å². The standard InChI is InChI=1S/C12H13FN4/c1-8-4-9(13)6-11(5-8)16-10-2-3-15-12(7-10)17-14/h2-7H,14H2,1H3,(H2,15,16,17). The molecule has 0 radical (unpaired) electrons. The summed E-state index contributed by atoms with van der Waals surface area (Å²) in [5, 5.41) is 3.08. The molecule has 2 rings (SSSR count). The third-order valence-corrected chi connectivity index (χ3v) is 2.24. The molecular weight excluding hydrogens is 219 g/mol. The van der Waals surface area contributed by atoms with Crippen molar-refractivity contribution in [3.63, 3.8) is 0 Å². The van der Waals surface area contributed by atoms with E-state index < -0.39 is 0 Å². The van der Waals surface area contributed by atoms with Gasteiger partial charge in [-0.25, -0.2) is 15.2 Å². The highest BCUT2D eigenvalue weighted by Gasteiger charge is 2.00. The maximum Gasteiger partial charge on any atom is 0.141 e. The van der Waals surface area contributed by atoms with Crippen LogP contribution in [0.4, 0.5) is 21.6 Å². The minimum atomic E-state index is -0.265. The molecule has 4 nitrogen and oxygen atoms in total. The third kappa shape index (κ3) is 2.92. The quantitative estimate of drug-likeness (QED) is 0.562. The van der Waals surface area contributed by atoms with Gasteiger partial charge in [0.2, 0.25) is 0 Å². The lowest BCUT2D eigenvalue weighted by Crippen LogP contribution is -2.08. The molecule has 0 aliphatic rings. The van der Waals surface area contributed by atoms with Gasteiger partial charge in [0.25, 0.3) is 0 Å². The number of aromatic nitrogens is 1. The average Bonchev–Trinajstić information content (AvgIpc) is 2.28. The van der Waals surface area contributed by atoms with Gasteiger partial charge in [-0.2, -0.15) is 0 Å². The van der Waals surface area contributed by atoms with Crippen LogP contribution in [0.3, 0.4) is 0 Å². The van der Waals surface area contributed by atoms with E-state index in [1.807, 2.05) is 13.0 Å². The van der Waals surface area contributed by atoms with E-state index in [1.54, 1.807) is 18.3 Å². The zero-order valence-electron chi connectivity index (χ0n) is 9.37. The fraction of sp³-hybridized carbons (Fsp3) is 0.0833. The van der Waals surface area contributed by atoms with Gasteiger partial charge in [0.05, 0.1) is 0 Å². The van der Waals surface area contributed by atoms with Gasteiger partial charge in [-0.1, -0.05) is 0 Å². The first-order chi connectivity index (χ1) is 8.17. The summed E-state index contributed by atoms with van der Waals surface area (Å²) in [5.41, 5.74) is 4.79. The van der Waals surface area contributed by atoms with Crippen LogP contribution in [0.5, 0.6) is 0 Å². The van der Waals surface area contributed by atoms with Crippen molar-refractivity contribution in [3.05, 3.63) is 47.9 Å². The van der Waals surface area contributed by atoms with Crippen molar-refractivity contribution in [2.24, 2.45) is 5.84 Å². The molecule has 5 heteroatoms. The van der Waals surface area contributed by atoms with Crippen LogP contribution in [0.25, 0.3) is 0 Å². The van der Waals surface area contributed by atoms with Crippen LogP contribution in [-0.4, -0.2) is 4.98 Å². The Morgan fingerprint density at radius 1 is 1.18 bits per heavy atom. The number of nitrogens with two attached hydrogens (primary N) is 1. The van der Waals surface area contributed by atoms with Crippen LogP contribution in [0.1, 0.15) is 5.56 Å². The molecule has 0 unspecified atom stereocenters. The van der Waals surface area contributed by atoms with Crippen molar-refractivity contribution in [1.29, 1.82) is 0 Å². The van der Waals surface area contributed by atoms with Crippen molar-refractivity contribution >= 4 is 17.2 Å². The molecule has 1 aromatic carbocycles. The molecule has 0 aliphatic heterocycles.